The Bertz CT molecular complexity index is 360. The van der Waals surface area contributed by atoms with E-state index in [-0.39, 0.29) is 13.0 Å². The van der Waals surface area contributed by atoms with E-state index in [1.54, 1.807) is 12.1 Å². The van der Waals surface area contributed by atoms with Crippen molar-refractivity contribution in [1.29, 1.82) is 5.26 Å². The lowest BCUT2D eigenvalue weighted by molar-refractivity contribution is 0.109. The third kappa shape index (κ3) is 3.79. The second-order valence-electron chi connectivity index (χ2n) is 3.21. The molecule has 4 heteroatoms. The predicted octanol–water partition coefficient (Wildman–Crippen LogP) is 1.74. The first kappa shape index (κ1) is 12.3. The molecule has 16 heavy (non-hydrogen) atoms. The first-order valence-corrected chi connectivity index (χ1v) is 5.17. The van der Waals surface area contributed by atoms with E-state index in [9.17, 15) is 5.11 Å². The quantitative estimate of drug-likeness (QED) is 0.794. The number of para-hydroxylation sites is 2. The van der Waals surface area contributed by atoms with Crippen LogP contribution in [0.25, 0.3) is 0 Å². The van der Waals surface area contributed by atoms with Crippen molar-refractivity contribution in [3.05, 3.63) is 24.3 Å². The van der Waals surface area contributed by atoms with Crippen LogP contribution in [0.3, 0.4) is 0 Å². The van der Waals surface area contributed by atoms with E-state index in [2.05, 4.69) is 0 Å². The fraction of sp³-hybridized carbons (Fsp3) is 0.417. The summed E-state index contributed by atoms with van der Waals surface area (Å²) in [7, 11) is 0. The number of aliphatic hydroxyl groups is 1. The van der Waals surface area contributed by atoms with Gasteiger partial charge in [0, 0.05) is 0 Å². The van der Waals surface area contributed by atoms with Gasteiger partial charge < -0.3 is 14.6 Å². The summed E-state index contributed by atoms with van der Waals surface area (Å²) in [5, 5.41) is 17.7. The molecule has 0 aromatic heterocycles. The van der Waals surface area contributed by atoms with Gasteiger partial charge in [-0.15, -0.1) is 0 Å². The Morgan fingerprint density at radius 1 is 1.31 bits per heavy atom. The lowest BCUT2D eigenvalue weighted by atomic mass is 10.3. The standard InChI is InChI=1S/C12H15NO3/c1-2-15-11-5-3-4-6-12(11)16-9-10(14)7-8-13/h3-6,10,14H,2,7,9H2,1H3. The van der Waals surface area contributed by atoms with Crippen LogP contribution in [0.1, 0.15) is 13.3 Å². The summed E-state index contributed by atoms with van der Waals surface area (Å²) in [6.07, 6.45) is -0.698. The third-order valence-corrected chi connectivity index (χ3v) is 1.91. The van der Waals surface area contributed by atoms with Crippen molar-refractivity contribution in [2.24, 2.45) is 0 Å². The number of benzene rings is 1. The van der Waals surface area contributed by atoms with Crippen molar-refractivity contribution in [3.8, 4) is 17.6 Å². The minimum Gasteiger partial charge on any atom is -0.490 e. The number of nitrogens with zero attached hydrogens (tertiary/aromatic N) is 1. The normalized spacial score (nSPS) is 11.6. The van der Waals surface area contributed by atoms with E-state index < -0.39 is 6.10 Å². The molecule has 4 nitrogen and oxygen atoms in total. The second-order valence-corrected chi connectivity index (χ2v) is 3.21. The van der Waals surface area contributed by atoms with Gasteiger partial charge in [-0.25, -0.2) is 0 Å². The Labute approximate surface area is 95.0 Å². The van der Waals surface area contributed by atoms with Crippen LogP contribution in [0.2, 0.25) is 0 Å². The van der Waals surface area contributed by atoms with Gasteiger partial charge in [-0.05, 0) is 19.1 Å². The van der Waals surface area contributed by atoms with Crippen molar-refractivity contribution in [2.45, 2.75) is 19.4 Å². The van der Waals surface area contributed by atoms with Crippen LogP contribution < -0.4 is 9.47 Å². The highest BCUT2D eigenvalue weighted by Gasteiger charge is 2.07. The maximum absolute atomic E-state index is 9.34. The van der Waals surface area contributed by atoms with Crippen LogP contribution in [-0.4, -0.2) is 24.4 Å². The molecule has 0 spiro atoms. The van der Waals surface area contributed by atoms with Crippen LogP contribution in [0, 0.1) is 11.3 Å². The molecule has 0 saturated carbocycles. The molecule has 0 amide bonds. The van der Waals surface area contributed by atoms with Gasteiger partial charge in [0.05, 0.1) is 19.1 Å². The topological polar surface area (TPSA) is 62.5 Å². The minimum absolute atomic E-state index is 0.0663. The Morgan fingerprint density at radius 3 is 2.50 bits per heavy atom. The van der Waals surface area contributed by atoms with E-state index in [4.69, 9.17) is 14.7 Å². The Balaban J connectivity index is 2.56. The van der Waals surface area contributed by atoms with Crippen LogP contribution >= 0.6 is 0 Å². The average molecular weight is 221 g/mol. The van der Waals surface area contributed by atoms with E-state index >= 15 is 0 Å². The Kier molecular flexibility index (Phi) is 5.17. The molecule has 1 atom stereocenters. The molecule has 1 aromatic rings. The van der Waals surface area contributed by atoms with Crippen molar-refractivity contribution >= 4 is 0 Å². The third-order valence-electron chi connectivity index (χ3n) is 1.91. The monoisotopic (exact) mass is 221 g/mol. The van der Waals surface area contributed by atoms with Crippen molar-refractivity contribution in [1.82, 2.24) is 0 Å². The molecule has 86 valence electrons. The van der Waals surface area contributed by atoms with Gasteiger partial charge in [-0.3, -0.25) is 0 Å². The number of hydrogen-bond acceptors (Lipinski definition) is 4. The zero-order chi connectivity index (χ0) is 11.8. The largest absolute Gasteiger partial charge is 0.490 e. The van der Waals surface area contributed by atoms with Crippen LogP contribution in [0.15, 0.2) is 24.3 Å². The summed E-state index contributed by atoms with van der Waals surface area (Å²) in [4.78, 5) is 0. The minimum atomic E-state index is -0.764. The zero-order valence-electron chi connectivity index (χ0n) is 9.22. The second kappa shape index (κ2) is 6.70. The van der Waals surface area contributed by atoms with Gasteiger partial charge in [0.25, 0.3) is 0 Å². The molecule has 0 aliphatic heterocycles. The number of rotatable bonds is 6. The molecule has 1 unspecified atom stereocenters. The first-order chi connectivity index (χ1) is 7.77. The first-order valence-electron chi connectivity index (χ1n) is 5.17. The van der Waals surface area contributed by atoms with Gasteiger partial charge in [-0.1, -0.05) is 12.1 Å². The smallest absolute Gasteiger partial charge is 0.161 e. The molecule has 0 aliphatic carbocycles. The predicted molar refractivity (Wildman–Crippen MR) is 59.3 cm³/mol. The van der Waals surface area contributed by atoms with Crippen LogP contribution in [-0.2, 0) is 0 Å². The van der Waals surface area contributed by atoms with Gasteiger partial charge in [0.15, 0.2) is 11.5 Å². The van der Waals surface area contributed by atoms with E-state index in [0.717, 1.165) is 0 Å². The van der Waals surface area contributed by atoms with Crippen molar-refractivity contribution < 1.29 is 14.6 Å². The molecule has 0 heterocycles. The molecule has 1 rings (SSSR count). The van der Waals surface area contributed by atoms with E-state index in [0.29, 0.717) is 18.1 Å². The summed E-state index contributed by atoms with van der Waals surface area (Å²) in [6, 6.07) is 9.13. The summed E-state index contributed by atoms with van der Waals surface area (Å²) in [5.41, 5.74) is 0. The summed E-state index contributed by atoms with van der Waals surface area (Å²) >= 11 is 0. The van der Waals surface area contributed by atoms with Crippen LogP contribution in [0.5, 0.6) is 11.5 Å². The molecule has 1 N–H and O–H groups in total. The SMILES string of the molecule is CCOc1ccccc1OCC(O)CC#N. The summed E-state index contributed by atoms with van der Waals surface area (Å²) < 4.78 is 10.7. The zero-order valence-corrected chi connectivity index (χ0v) is 9.22. The highest BCUT2D eigenvalue weighted by Crippen LogP contribution is 2.26. The fourth-order valence-corrected chi connectivity index (χ4v) is 1.19. The van der Waals surface area contributed by atoms with E-state index in [1.165, 1.54) is 0 Å². The van der Waals surface area contributed by atoms with Gasteiger partial charge in [0.2, 0.25) is 0 Å². The number of hydrogen-bond donors (Lipinski definition) is 1. The molecular weight excluding hydrogens is 206 g/mol. The van der Waals surface area contributed by atoms with Gasteiger partial charge in [0.1, 0.15) is 12.7 Å². The number of aliphatic hydroxyl groups excluding tert-OH is 1. The van der Waals surface area contributed by atoms with E-state index in [1.807, 2.05) is 25.1 Å². The Morgan fingerprint density at radius 2 is 1.94 bits per heavy atom. The van der Waals surface area contributed by atoms with Gasteiger partial charge >= 0.3 is 0 Å². The lowest BCUT2D eigenvalue weighted by Crippen LogP contribution is -2.16. The number of ether oxygens (including phenoxy) is 2. The van der Waals surface area contributed by atoms with Crippen molar-refractivity contribution in [2.75, 3.05) is 13.2 Å². The average Bonchev–Trinajstić information content (AvgIpc) is 2.29. The molecular formula is C12H15NO3. The summed E-state index contributed by atoms with van der Waals surface area (Å²) in [5.74, 6) is 1.23. The highest BCUT2D eigenvalue weighted by atomic mass is 16.5. The highest BCUT2D eigenvalue weighted by molar-refractivity contribution is 5.39. The molecule has 0 bridgehead atoms. The number of nitriles is 1. The molecule has 0 radical (unpaired) electrons. The molecule has 0 aliphatic rings. The maximum Gasteiger partial charge on any atom is 0.161 e. The molecule has 0 saturated heterocycles. The Hall–Kier alpha value is -1.73. The van der Waals surface area contributed by atoms with Gasteiger partial charge in [-0.2, -0.15) is 5.26 Å². The maximum atomic E-state index is 9.34. The van der Waals surface area contributed by atoms with Crippen molar-refractivity contribution in [3.63, 3.8) is 0 Å². The lowest BCUT2D eigenvalue weighted by Gasteiger charge is -2.13. The molecule has 1 aromatic carbocycles. The molecule has 0 fully saturated rings. The fourth-order valence-electron chi connectivity index (χ4n) is 1.19. The van der Waals surface area contributed by atoms with Crippen LogP contribution in [0.4, 0.5) is 0 Å². The summed E-state index contributed by atoms with van der Waals surface area (Å²) in [6.45, 7) is 2.54.